The van der Waals surface area contributed by atoms with Crippen LogP contribution < -0.4 is 20.7 Å². The van der Waals surface area contributed by atoms with Crippen molar-refractivity contribution in [1.29, 1.82) is 0 Å². The molecule has 0 bridgehead atoms. The maximum absolute atomic E-state index is 12.5. The summed E-state index contributed by atoms with van der Waals surface area (Å²) in [6, 6.07) is 13.8. The van der Waals surface area contributed by atoms with Gasteiger partial charge in [0.05, 0.1) is 6.10 Å². The number of thiocarbonyl (C=S) groups is 1. The lowest BCUT2D eigenvalue weighted by Crippen LogP contribution is -2.34. The zero-order valence-electron chi connectivity index (χ0n) is 18.1. The molecular formula is C23H29N3O4S. The molecule has 0 aliphatic heterocycles. The molecule has 8 heteroatoms. The number of methoxy groups -OCH3 is 1. The summed E-state index contributed by atoms with van der Waals surface area (Å²) in [6.45, 7) is 5.12. The Labute approximate surface area is 188 Å². The largest absolute Gasteiger partial charge is 0.491 e. The molecule has 31 heavy (non-hydrogen) atoms. The first-order valence-corrected chi connectivity index (χ1v) is 10.6. The zero-order chi connectivity index (χ0) is 22.6. The van der Waals surface area contributed by atoms with Gasteiger partial charge in [0.1, 0.15) is 5.75 Å². The fourth-order valence-corrected chi connectivity index (χ4v) is 2.83. The number of hydrogen-bond donors (Lipinski definition) is 3. The fraction of sp³-hybridized carbons (Fsp3) is 0.348. The Morgan fingerprint density at radius 2 is 1.77 bits per heavy atom. The number of rotatable bonds is 10. The third-order valence-corrected chi connectivity index (χ3v) is 4.63. The van der Waals surface area contributed by atoms with Gasteiger partial charge in [0.25, 0.3) is 11.8 Å². The molecule has 0 fully saturated rings. The maximum atomic E-state index is 12.5. The minimum absolute atomic E-state index is 0.0607. The first-order valence-electron chi connectivity index (χ1n) is 10.2. The van der Waals surface area contributed by atoms with Crippen LogP contribution in [0.1, 0.15) is 47.4 Å². The van der Waals surface area contributed by atoms with Crippen molar-refractivity contribution >= 4 is 34.8 Å². The van der Waals surface area contributed by atoms with E-state index >= 15 is 0 Å². The molecular weight excluding hydrogens is 414 g/mol. The number of benzene rings is 2. The molecule has 2 aromatic rings. The zero-order valence-corrected chi connectivity index (χ0v) is 18.9. The lowest BCUT2D eigenvalue weighted by Gasteiger charge is -2.14. The molecule has 2 aromatic carbocycles. The highest BCUT2D eigenvalue weighted by Crippen LogP contribution is 2.16. The molecule has 7 nitrogen and oxygen atoms in total. The fourth-order valence-electron chi connectivity index (χ4n) is 2.62. The third kappa shape index (κ3) is 8.35. The van der Waals surface area contributed by atoms with E-state index < -0.39 is 0 Å². The summed E-state index contributed by atoms with van der Waals surface area (Å²) in [7, 11) is 1.62. The second-order valence-electron chi connectivity index (χ2n) is 6.96. The monoisotopic (exact) mass is 443 g/mol. The standard InChI is InChI=1S/C23H29N3O4S/c1-4-16(2)30-20-11-6-9-18(15-20)22(28)26-23(31)25-19-10-5-8-17(14-19)21(27)24-12-7-13-29-3/h5-6,8-11,14-16H,4,7,12-13H2,1-3H3,(H,24,27)(H2,25,26,28,31). The molecule has 3 N–H and O–H groups in total. The van der Waals surface area contributed by atoms with Gasteiger partial charge >= 0.3 is 0 Å². The molecule has 1 atom stereocenters. The van der Waals surface area contributed by atoms with Crippen molar-refractivity contribution in [2.24, 2.45) is 0 Å². The van der Waals surface area contributed by atoms with Gasteiger partial charge in [-0.15, -0.1) is 0 Å². The number of carbonyl (C=O) groups is 2. The molecule has 0 aromatic heterocycles. The number of nitrogens with one attached hydrogen (secondary N) is 3. The van der Waals surface area contributed by atoms with Crippen LogP contribution in [0.5, 0.6) is 5.75 Å². The summed E-state index contributed by atoms with van der Waals surface area (Å²) in [5.41, 5.74) is 1.53. The second kappa shape index (κ2) is 12.7. The molecule has 1 unspecified atom stereocenters. The average Bonchev–Trinajstić information content (AvgIpc) is 2.76. The van der Waals surface area contributed by atoms with Gasteiger partial charge in [0.2, 0.25) is 0 Å². The first kappa shape index (κ1) is 24.3. The predicted octanol–water partition coefficient (Wildman–Crippen LogP) is 3.76. The summed E-state index contributed by atoms with van der Waals surface area (Å²) in [6.07, 6.45) is 1.67. The number of ether oxygens (including phenoxy) is 2. The van der Waals surface area contributed by atoms with Crippen molar-refractivity contribution in [1.82, 2.24) is 10.6 Å². The Hall–Kier alpha value is -2.97. The summed E-state index contributed by atoms with van der Waals surface area (Å²) in [5.74, 6) is 0.0945. The van der Waals surface area contributed by atoms with Crippen LogP contribution in [0, 0.1) is 0 Å². The summed E-state index contributed by atoms with van der Waals surface area (Å²) >= 11 is 5.25. The van der Waals surface area contributed by atoms with E-state index in [2.05, 4.69) is 16.0 Å². The van der Waals surface area contributed by atoms with Crippen LogP contribution in [-0.2, 0) is 4.74 Å². The van der Waals surface area contributed by atoms with Gasteiger partial charge in [0, 0.05) is 37.1 Å². The summed E-state index contributed by atoms with van der Waals surface area (Å²) < 4.78 is 10.7. The normalized spacial score (nSPS) is 11.3. The SMILES string of the molecule is CCC(C)Oc1cccc(C(=O)NC(=S)Nc2cccc(C(=O)NCCCOC)c2)c1. The lowest BCUT2D eigenvalue weighted by molar-refractivity contribution is 0.0946. The van der Waals surface area contributed by atoms with Crippen LogP contribution >= 0.6 is 12.2 Å². The van der Waals surface area contributed by atoms with E-state index in [9.17, 15) is 9.59 Å². The second-order valence-corrected chi connectivity index (χ2v) is 7.36. The Morgan fingerprint density at radius 1 is 1.06 bits per heavy atom. The van der Waals surface area contributed by atoms with Crippen molar-refractivity contribution < 1.29 is 19.1 Å². The molecule has 0 spiro atoms. The molecule has 166 valence electrons. The Kier molecular flexibility index (Phi) is 9.93. The number of amides is 2. The van der Waals surface area contributed by atoms with Crippen LogP contribution in [0.25, 0.3) is 0 Å². The van der Waals surface area contributed by atoms with E-state index in [1.807, 2.05) is 19.9 Å². The van der Waals surface area contributed by atoms with E-state index in [-0.39, 0.29) is 23.0 Å². The van der Waals surface area contributed by atoms with Gasteiger partial charge < -0.3 is 20.1 Å². The minimum Gasteiger partial charge on any atom is -0.491 e. The quantitative estimate of drug-likeness (QED) is 0.383. The van der Waals surface area contributed by atoms with Gasteiger partial charge in [-0.1, -0.05) is 19.1 Å². The van der Waals surface area contributed by atoms with E-state index in [1.54, 1.807) is 49.6 Å². The van der Waals surface area contributed by atoms with Crippen molar-refractivity contribution in [3.05, 3.63) is 59.7 Å². The Bertz CT molecular complexity index is 904. The number of carbonyl (C=O) groups excluding carboxylic acids is 2. The molecule has 0 aliphatic rings. The third-order valence-electron chi connectivity index (χ3n) is 4.43. The van der Waals surface area contributed by atoms with E-state index in [0.717, 1.165) is 12.8 Å². The van der Waals surface area contributed by atoms with Crippen LogP contribution in [0.2, 0.25) is 0 Å². The summed E-state index contributed by atoms with van der Waals surface area (Å²) in [4.78, 5) is 24.8. The topological polar surface area (TPSA) is 88.7 Å². The first-order chi connectivity index (χ1) is 14.9. The van der Waals surface area contributed by atoms with Crippen molar-refractivity contribution in [2.45, 2.75) is 32.8 Å². The van der Waals surface area contributed by atoms with E-state index in [0.29, 0.717) is 35.7 Å². The summed E-state index contributed by atoms with van der Waals surface area (Å²) in [5, 5.41) is 8.55. The molecule has 0 aliphatic carbocycles. The van der Waals surface area contributed by atoms with Gasteiger partial charge in [-0.25, -0.2) is 0 Å². The maximum Gasteiger partial charge on any atom is 0.257 e. The van der Waals surface area contributed by atoms with Gasteiger partial charge in [-0.3, -0.25) is 14.9 Å². The van der Waals surface area contributed by atoms with Crippen molar-refractivity contribution in [3.63, 3.8) is 0 Å². The van der Waals surface area contributed by atoms with Crippen LogP contribution in [-0.4, -0.2) is 43.3 Å². The smallest absolute Gasteiger partial charge is 0.257 e. The molecule has 0 radical (unpaired) electrons. The Balaban J connectivity index is 1.93. The minimum atomic E-state index is -0.348. The number of anilines is 1. The van der Waals surface area contributed by atoms with Crippen molar-refractivity contribution in [2.75, 3.05) is 25.6 Å². The highest BCUT2D eigenvalue weighted by molar-refractivity contribution is 7.80. The molecule has 2 amide bonds. The molecule has 0 saturated heterocycles. The van der Waals surface area contributed by atoms with E-state index in [4.69, 9.17) is 21.7 Å². The van der Waals surface area contributed by atoms with E-state index in [1.165, 1.54) is 0 Å². The molecule has 2 rings (SSSR count). The number of hydrogen-bond acceptors (Lipinski definition) is 5. The Morgan fingerprint density at radius 3 is 2.48 bits per heavy atom. The van der Waals surface area contributed by atoms with Gasteiger partial charge in [-0.2, -0.15) is 0 Å². The lowest BCUT2D eigenvalue weighted by atomic mass is 10.2. The molecule has 0 saturated carbocycles. The van der Waals surface area contributed by atoms with Crippen molar-refractivity contribution in [3.8, 4) is 5.75 Å². The van der Waals surface area contributed by atoms with Crippen LogP contribution in [0.15, 0.2) is 48.5 Å². The van der Waals surface area contributed by atoms with Crippen LogP contribution in [0.4, 0.5) is 5.69 Å². The average molecular weight is 444 g/mol. The highest BCUT2D eigenvalue weighted by atomic mass is 32.1. The highest BCUT2D eigenvalue weighted by Gasteiger charge is 2.11. The van der Waals surface area contributed by atoms with Gasteiger partial charge in [-0.05, 0) is 68.4 Å². The van der Waals surface area contributed by atoms with Crippen LogP contribution in [0.3, 0.4) is 0 Å². The molecule has 0 heterocycles. The van der Waals surface area contributed by atoms with Gasteiger partial charge in [0.15, 0.2) is 5.11 Å². The predicted molar refractivity (Wildman–Crippen MR) is 126 cm³/mol.